The molecule has 1 amide bonds. The molecule has 0 aliphatic rings. The van der Waals surface area contributed by atoms with E-state index in [2.05, 4.69) is 9.84 Å². The molecule has 0 atom stereocenters. The van der Waals surface area contributed by atoms with E-state index < -0.39 is 0 Å². The van der Waals surface area contributed by atoms with E-state index in [-0.39, 0.29) is 18.3 Å². The van der Waals surface area contributed by atoms with Gasteiger partial charge in [-0.3, -0.25) is 9.59 Å². The van der Waals surface area contributed by atoms with Crippen LogP contribution in [0.5, 0.6) is 0 Å². The standard InChI is InChI=1S/C18H22ClN3O3/c1-13-16(18(24)21(2)11-7-10-15(23)25-3)17(19)22(20-13)12-14-8-5-4-6-9-14/h4-6,8-9H,7,10-12H2,1-3H3. The van der Waals surface area contributed by atoms with Crippen LogP contribution in [0, 0.1) is 6.92 Å². The molecule has 134 valence electrons. The third-order valence-corrected chi connectivity index (χ3v) is 4.29. The summed E-state index contributed by atoms with van der Waals surface area (Å²) in [4.78, 5) is 25.4. The number of methoxy groups -OCH3 is 1. The normalized spacial score (nSPS) is 10.6. The second-order valence-electron chi connectivity index (χ2n) is 5.80. The van der Waals surface area contributed by atoms with Crippen LogP contribution in [0.25, 0.3) is 0 Å². The van der Waals surface area contributed by atoms with Crippen molar-refractivity contribution >= 4 is 23.5 Å². The maximum Gasteiger partial charge on any atom is 0.305 e. The molecule has 6 nitrogen and oxygen atoms in total. The average molecular weight is 364 g/mol. The molecule has 7 heteroatoms. The summed E-state index contributed by atoms with van der Waals surface area (Å²) in [6.07, 6.45) is 0.803. The van der Waals surface area contributed by atoms with Crippen LogP contribution in [-0.4, -0.2) is 47.3 Å². The molecule has 0 bridgehead atoms. The Balaban J connectivity index is 2.08. The molecule has 0 saturated carbocycles. The van der Waals surface area contributed by atoms with E-state index in [0.29, 0.717) is 35.9 Å². The van der Waals surface area contributed by atoms with Crippen molar-refractivity contribution in [3.63, 3.8) is 0 Å². The molecule has 0 aliphatic heterocycles. The van der Waals surface area contributed by atoms with Gasteiger partial charge in [0.2, 0.25) is 0 Å². The van der Waals surface area contributed by atoms with Gasteiger partial charge < -0.3 is 9.64 Å². The Morgan fingerprint density at radius 1 is 1.28 bits per heavy atom. The Kier molecular flexibility index (Phi) is 6.58. The topological polar surface area (TPSA) is 64.4 Å². The molecule has 0 aliphatic carbocycles. The molecule has 1 aromatic carbocycles. The van der Waals surface area contributed by atoms with Crippen molar-refractivity contribution in [3.05, 3.63) is 52.3 Å². The van der Waals surface area contributed by atoms with E-state index in [1.807, 2.05) is 30.3 Å². The number of carbonyl (C=O) groups is 2. The first-order chi connectivity index (χ1) is 11.9. The molecule has 0 fully saturated rings. The number of hydrogen-bond donors (Lipinski definition) is 0. The van der Waals surface area contributed by atoms with Crippen molar-refractivity contribution in [1.29, 1.82) is 0 Å². The van der Waals surface area contributed by atoms with Gasteiger partial charge in [-0.1, -0.05) is 41.9 Å². The van der Waals surface area contributed by atoms with E-state index >= 15 is 0 Å². The lowest BCUT2D eigenvalue weighted by molar-refractivity contribution is -0.140. The van der Waals surface area contributed by atoms with Gasteiger partial charge in [-0.15, -0.1) is 0 Å². The van der Waals surface area contributed by atoms with Crippen LogP contribution in [0.3, 0.4) is 0 Å². The summed E-state index contributed by atoms with van der Waals surface area (Å²) in [6, 6.07) is 9.79. The van der Waals surface area contributed by atoms with Gasteiger partial charge in [0.25, 0.3) is 5.91 Å². The SMILES string of the molecule is COC(=O)CCCN(C)C(=O)c1c(C)nn(Cc2ccccc2)c1Cl. The van der Waals surface area contributed by atoms with Gasteiger partial charge in [0.1, 0.15) is 5.15 Å². The van der Waals surface area contributed by atoms with E-state index in [1.54, 1.807) is 23.6 Å². The van der Waals surface area contributed by atoms with E-state index in [9.17, 15) is 9.59 Å². The molecular weight excluding hydrogens is 342 g/mol. The molecule has 0 spiro atoms. The minimum atomic E-state index is -0.286. The fourth-order valence-corrected chi connectivity index (χ4v) is 2.83. The maximum absolute atomic E-state index is 12.7. The van der Waals surface area contributed by atoms with Crippen LogP contribution in [0.1, 0.15) is 34.5 Å². The minimum Gasteiger partial charge on any atom is -0.469 e. The van der Waals surface area contributed by atoms with Gasteiger partial charge in [-0.2, -0.15) is 5.10 Å². The molecule has 25 heavy (non-hydrogen) atoms. The summed E-state index contributed by atoms with van der Waals surface area (Å²) < 4.78 is 6.23. The number of carbonyl (C=O) groups excluding carboxylic acids is 2. The molecular formula is C18H22ClN3O3. The second kappa shape index (κ2) is 8.67. The molecule has 0 radical (unpaired) electrons. The largest absolute Gasteiger partial charge is 0.469 e. The zero-order valence-electron chi connectivity index (χ0n) is 14.7. The number of rotatable bonds is 7. The number of aromatic nitrogens is 2. The van der Waals surface area contributed by atoms with Gasteiger partial charge in [0.05, 0.1) is 24.9 Å². The zero-order chi connectivity index (χ0) is 18.4. The highest BCUT2D eigenvalue weighted by Gasteiger charge is 2.23. The number of amides is 1. The molecule has 2 rings (SSSR count). The fraction of sp³-hybridized carbons (Fsp3) is 0.389. The lowest BCUT2D eigenvalue weighted by atomic mass is 10.2. The van der Waals surface area contributed by atoms with Crippen molar-refractivity contribution in [2.24, 2.45) is 0 Å². The molecule has 0 unspecified atom stereocenters. The lowest BCUT2D eigenvalue weighted by Crippen LogP contribution is -2.28. The number of benzene rings is 1. The Morgan fingerprint density at radius 3 is 2.60 bits per heavy atom. The molecule has 0 N–H and O–H groups in total. The van der Waals surface area contributed by atoms with Crippen LogP contribution >= 0.6 is 11.6 Å². The number of esters is 1. The van der Waals surface area contributed by atoms with E-state index in [0.717, 1.165) is 5.56 Å². The van der Waals surface area contributed by atoms with Crippen molar-refractivity contribution in [2.45, 2.75) is 26.3 Å². The van der Waals surface area contributed by atoms with Crippen molar-refractivity contribution < 1.29 is 14.3 Å². The predicted molar refractivity (Wildman–Crippen MR) is 95.7 cm³/mol. The van der Waals surface area contributed by atoms with Crippen LogP contribution in [0.15, 0.2) is 30.3 Å². The van der Waals surface area contributed by atoms with Crippen LogP contribution < -0.4 is 0 Å². The number of aryl methyl sites for hydroxylation is 1. The summed E-state index contributed by atoms with van der Waals surface area (Å²) in [5, 5.41) is 4.72. The summed E-state index contributed by atoms with van der Waals surface area (Å²) in [6.45, 7) is 2.70. The maximum atomic E-state index is 12.7. The van der Waals surface area contributed by atoms with Gasteiger partial charge in [-0.05, 0) is 18.9 Å². The average Bonchev–Trinajstić information content (AvgIpc) is 2.88. The number of hydrogen-bond acceptors (Lipinski definition) is 4. The first-order valence-corrected chi connectivity index (χ1v) is 8.41. The second-order valence-corrected chi connectivity index (χ2v) is 6.16. The third-order valence-electron chi connectivity index (χ3n) is 3.90. The highest BCUT2D eigenvalue weighted by molar-refractivity contribution is 6.33. The molecule has 2 aromatic rings. The van der Waals surface area contributed by atoms with Gasteiger partial charge in [0.15, 0.2) is 0 Å². The Labute approximate surface area is 152 Å². The number of nitrogens with zero attached hydrogens (tertiary/aromatic N) is 3. The van der Waals surface area contributed by atoms with E-state index in [1.165, 1.54) is 7.11 Å². The molecule has 0 saturated heterocycles. The highest BCUT2D eigenvalue weighted by Crippen LogP contribution is 2.22. The summed E-state index contributed by atoms with van der Waals surface area (Å²) >= 11 is 6.40. The zero-order valence-corrected chi connectivity index (χ0v) is 15.4. The van der Waals surface area contributed by atoms with Gasteiger partial charge >= 0.3 is 5.97 Å². The Morgan fingerprint density at radius 2 is 1.96 bits per heavy atom. The predicted octanol–water partition coefficient (Wildman–Crippen LogP) is 2.92. The summed E-state index contributed by atoms with van der Waals surface area (Å²) in [5.41, 5.74) is 2.04. The summed E-state index contributed by atoms with van der Waals surface area (Å²) in [7, 11) is 3.03. The van der Waals surface area contributed by atoms with Crippen LogP contribution in [0.4, 0.5) is 0 Å². The van der Waals surface area contributed by atoms with Gasteiger partial charge in [0, 0.05) is 20.0 Å². The molecule has 1 aromatic heterocycles. The molecule has 1 heterocycles. The van der Waals surface area contributed by atoms with Crippen molar-refractivity contribution in [2.75, 3.05) is 20.7 Å². The van der Waals surface area contributed by atoms with Crippen molar-refractivity contribution in [3.8, 4) is 0 Å². The summed E-state index contributed by atoms with van der Waals surface area (Å²) in [5.74, 6) is -0.488. The number of ether oxygens (including phenoxy) is 1. The first kappa shape index (κ1) is 19.0. The first-order valence-electron chi connectivity index (χ1n) is 8.03. The quantitative estimate of drug-likeness (QED) is 0.709. The minimum absolute atomic E-state index is 0.202. The van der Waals surface area contributed by atoms with Gasteiger partial charge in [-0.25, -0.2) is 4.68 Å². The number of halogens is 1. The smallest absolute Gasteiger partial charge is 0.305 e. The monoisotopic (exact) mass is 363 g/mol. The van der Waals surface area contributed by atoms with E-state index in [4.69, 9.17) is 11.6 Å². The van der Waals surface area contributed by atoms with Crippen LogP contribution in [-0.2, 0) is 16.1 Å². The van der Waals surface area contributed by atoms with Crippen molar-refractivity contribution in [1.82, 2.24) is 14.7 Å². The Hall–Kier alpha value is -2.34. The lowest BCUT2D eigenvalue weighted by Gasteiger charge is -2.16. The third kappa shape index (κ3) is 4.82. The van der Waals surface area contributed by atoms with Crippen LogP contribution in [0.2, 0.25) is 5.15 Å². The fourth-order valence-electron chi connectivity index (χ4n) is 2.51. The Bertz CT molecular complexity index is 744. The highest BCUT2D eigenvalue weighted by atomic mass is 35.5.